The minimum atomic E-state index is -0.463. The molecule has 166 valence electrons. The number of nitrogens with one attached hydrogen (secondary N) is 2. The smallest absolute Gasteiger partial charge is 0.339 e. The Morgan fingerprint density at radius 1 is 1.00 bits per heavy atom. The summed E-state index contributed by atoms with van der Waals surface area (Å²) in [6.07, 6.45) is 1.48. The van der Waals surface area contributed by atoms with Crippen LogP contribution in [-0.4, -0.2) is 12.2 Å². The summed E-state index contributed by atoms with van der Waals surface area (Å²) in [6, 6.07) is 13.8. The normalized spacial score (nSPS) is 10.9. The van der Waals surface area contributed by atoms with Gasteiger partial charge in [0.15, 0.2) is 5.75 Å². The Balaban J connectivity index is 1.59. The number of urea groups is 1. The molecular formula is C22H16Br2Cl3N3O2. The molecule has 0 atom stereocenters. The third-order valence-corrected chi connectivity index (χ3v) is 6.68. The molecule has 3 aromatic carbocycles. The van der Waals surface area contributed by atoms with E-state index in [0.29, 0.717) is 36.5 Å². The highest BCUT2D eigenvalue weighted by Gasteiger charge is 2.10. The average Bonchev–Trinajstić information content (AvgIpc) is 2.72. The van der Waals surface area contributed by atoms with Crippen molar-refractivity contribution in [2.75, 3.05) is 5.32 Å². The van der Waals surface area contributed by atoms with Crippen LogP contribution in [-0.2, 0) is 6.61 Å². The Hall–Kier alpha value is -1.77. The molecular weight excluding hydrogens is 604 g/mol. The lowest BCUT2D eigenvalue weighted by atomic mass is 10.2. The number of halogens is 5. The standard InChI is InChI=1S/C22H16Br2Cl3N3O2/c1-12-6-15(3-4-16(12)23)29-22(31)30-28-10-14-7-17(24)21(20(27)9-14)32-11-13-2-5-18(25)19(26)8-13/h2-10H,11H2,1H3,(H2,29,30,31)/b28-10+. The molecule has 0 unspecified atom stereocenters. The summed E-state index contributed by atoms with van der Waals surface area (Å²) in [5.41, 5.74) is 5.61. The lowest BCUT2D eigenvalue weighted by Crippen LogP contribution is -2.24. The van der Waals surface area contributed by atoms with Crippen LogP contribution in [0.4, 0.5) is 10.5 Å². The number of aryl methyl sites for hydroxylation is 1. The van der Waals surface area contributed by atoms with Crippen LogP contribution in [0.1, 0.15) is 16.7 Å². The van der Waals surface area contributed by atoms with E-state index < -0.39 is 6.03 Å². The molecule has 0 radical (unpaired) electrons. The molecule has 0 bridgehead atoms. The van der Waals surface area contributed by atoms with Crippen LogP contribution in [0.25, 0.3) is 0 Å². The fraction of sp³-hybridized carbons (Fsp3) is 0.0909. The molecule has 3 aromatic rings. The zero-order valence-corrected chi connectivity index (χ0v) is 22.0. The first-order chi connectivity index (χ1) is 15.2. The van der Waals surface area contributed by atoms with Gasteiger partial charge in [-0.2, -0.15) is 5.10 Å². The maximum atomic E-state index is 12.0. The number of hydrogen-bond acceptors (Lipinski definition) is 3. The molecule has 0 aliphatic heterocycles. The van der Waals surface area contributed by atoms with Gasteiger partial charge in [0.25, 0.3) is 0 Å². The first-order valence-corrected chi connectivity index (χ1v) is 11.9. The van der Waals surface area contributed by atoms with Gasteiger partial charge in [0.05, 0.1) is 25.8 Å². The number of carbonyl (C=O) groups is 1. The Morgan fingerprint density at radius 2 is 1.78 bits per heavy atom. The summed E-state index contributed by atoms with van der Waals surface area (Å²) < 4.78 is 7.43. The van der Waals surface area contributed by atoms with Crippen LogP contribution in [0.15, 0.2) is 62.6 Å². The van der Waals surface area contributed by atoms with E-state index in [1.54, 1.807) is 30.3 Å². The molecule has 2 N–H and O–H groups in total. The number of carbonyl (C=O) groups excluding carboxylic acids is 1. The minimum absolute atomic E-state index is 0.264. The van der Waals surface area contributed by atoms with Crippen molar-refractivity contribution in [3.05, 3.63) is 89.2 Å². The summed E-state index contributed by atoms with van der Waals surface area (Å²) in [7, 11) is 0. The van der Waals surface area contributed by atoms with E-state index >= 15 is 0 Å². The molecule has 0 saturated carbocycles. The van der Waals surface area contributed by atoms with Gasteiger partial charge in [-0.25, -0.2) is 10.2 Å². The molecule has 3 rings (SSSR count). The fourth-order valence-electron chi connectivity index (χ4n) is 2.62. The van der Waals surface area contributed by atoms with Gasteiger partial charge >= 0.3 is 6.03 Å². The van der Waals surface area contributed by atoms with Crippen molar-refractivity contribution in [1.29, 1.82) is 0 Å². The fourth-order valence-corrected chi connectivity index (χ4v) is 4.18. The molecule has 0 saturated heterocycles. The van der Waals surface area contributed by atoms with Gasteiger partial charge in [-0.05, 0) is 82.0 Å². The van der Waals surface area contributed by atoms with Crippen molar-refractivity contribution in [3.8, 4) is 5.75 Å². The van der Waals surface area contributed by atoms with Gasteiger partial charge in [-0.1, -0.05) is 56.8 Å². The van der Waals surface area contributed by atoms with Crippen LogP contribution in [0, 0.1) is 6.92 Å². The number of benzene rings is 3. The highest BCUT2D eigenvalue weighted by molar-refractivity contribution is 9.10. The molecule has 32 heavy (non-hydrogen) atoms. The first-order valence-electron chi connectivity index (χ1n) is 9.15. The molecule has 0 aliphatic carbocycles. The van der Waals surface area contributed by atoms with Crippen LogP contribution in [0.5, 0.6) is 5.75 Å². The number of amides is 2. The van der Waals surface area contributed by atoms with E-state index in [4.69, 9.17) is 39.5 Å². The van der Waals surface area contributed by atoms with Gasteiger partial charge < -0.3 is 10.1 Å². The van der Waals surface area contributed by atoms with E-state index in [9.17, 15) is 4.79 Å². The molecule has 10 heteroatoms. The second kappa shape index (κ2) is 11.4. The van der Waals surface area contributed by atoms with Crippen molar-refractivity contribution in [2.24, 2.45) is 5.10 Å². The quantitative estimate of drug-likeness (QED) is 0.216. The van der Waals surface area contributed by atoms with E-state index in [-0.39, 0.29) is 6.61 Å². The van der Waals surface area contributed by atoms with Crippen molar-refractivity contribution in [3.63, 3.8) is 0 Å². The highest BCUT2D eigenvalue weighted by atomic mass is 79.9. The summed E-state index contributed by atoms with van der Waals surface area (Å²) in [5.74, 6) is 0.478. The molecule has 0 fully saturated rings. The second-order valence-electron chi connectivity index (χ2n) is 6.64. The zero-order chi connectivity index (χ0) is 23.3. The highest BCUT2D eigenvalue weighted by Crippen LogP contribution is 2.35. The number of nitrogens with zero attached hydrogens (tertiary/aromatic N) is 1. The van der Waals surface area contributed by atoms with Crippen molar-refractivity contribution in [1.82, 2.24) is 5.43 Å². The van der Waals surface area contributed by atoms with Crippen LogP contribution in [0.3, 0.4) is 0 Å². The zero-order valence-electron chi connectivity index (χ0n) is 16.6. The number of hydrogen-bond donors (Lipinski definition) is 2. The van der Waals surface area contributed by atoms with Crippen LogP contribution >= 0.6 is 66.7 Å². The number of ether oxygens (including phenoxy) is 1. The monoisotopic (exact) mass is 617 g/mol. The largest absolute Gasteiger partial charge is 0.486 e. The van der Waals surface area contributed by atoms with E-state index in [0.717, 1.165) is 15.6 Å². The topological polar surface area (TPSA) is 62.7 Å². The van der Waals surface area contributed by atoms with Gasteiger partial charge in [-0.15, -0.1) is 0 Å². The summed E-state index contributed by atoms with van der Waals surface area (Å²) in [6.45, 7) is 2.20. The maximum absolute atomic E-state index is 12.0. The summed E-state index contributed by atoms with van der Waals surface area (Å²) in [5, 5.41) is 7.99. The Labute approximate surface area is 217 Å². The van der Waals surface area contributed by atoms with Crippen LogP contribution in [0.2, 0.25) is 15.1 Å². The minimum Gasteiger partial charge on any atom is -0.486 e. The predicted octanol–water partition coefficient (Wildman–Crippen LogP) is 8.21. The van der Waals surface area contributed by atoms with E-state index in [2.05, 4.69) is 47.7 Å². The third kappa shape index (κ3) is 6.86. The van der Waals surface area contributed by atoms with Crippen molar-refractivity contribution < 1.29 is 9.53 Å². The average molecular weight is 621 g/mol. The van der Waals surface area contributed by atoms with Gasteiger partial charge in [0, 0.05) is 10.2 Å². The second-order valence-corrected chi connectivity index (χ2v) is 9.57. The summed E-state index contributed by atoms with van der Waals surface area (Å²) >= 11 is 25.2. The Bertz CT molecular complexity index is 1170. The molecule has 0 aliphatic rings. The summed E-state index contributed by atoms with van der Waals surface area (Å²) in [4.78, 5) is 12.0. The number of rotatable bonds is 6. The van der Waals surface area contributed by atoms with Gasteiger partial charge in [0.2, 0.25) is 0 Å². The third-order valence-electron chi connectivity index (χ3n) is 4.18. The van der Waals surface area contributed by atoms with Gasteiger partial charge in [-0.3, -0.25) is 0 Å². The van der Waals surface area contributed by atoms with Gasteiger partial charge in [0.1, 0.15) is 6.61 Å². The number of anilines is 1. The molecule has 5 nitrogen and oxygen atoms in total. The predicted molar refractivity (Wildman–Crippen MR) is 139 cm³/mol. The molecule has 0 spiro atoms. The van der Waals surface area contributed by atoms with Crippen LogP contribution < -0.4 is 15.5 Å². The Morgan fingerprint density at radius 3 is 2.47 bits per heavy atom. The first kappa shape index (κ1) is 24.9. The van der Waals surface area contributed by atoms with E-state index in [1.807, 2.05) is 25.1 Å². The SMILES string of the molecule is Cc1cc(NC(=O)N/N=C/c2cc(Cl)c(OCc3ccc(Cl)c(Cl)c3)c(Br)c2)ccc1Br. The Kier molecular flexibility index (Phi) is 8.85. The molecule has 0 aromatic heterocycles. The lowest BCUT2D eigenvalue weighted by molar-refractivity contribution is 0.252. The number of hydrazone groups is 1. The molecule has 0 heterocycles. The maximum Gasteiger partial charge on any atom is 0.339 e. The molecule has 2 amide bonds. The van der Waals surface area contributed by atoms with Crippen molar-refractivity contribution >= 4 is 84.6 Å². The lowest BCUT2D eigenvalue weighted by Gasteiger charge is -2.11. The van der Waals surface area contributed by atoms with Crippen molar-refractivity contribution in [2.45, 2.75) is 13.5 Å². The van der Waals surface area contributed by atoms with E-state index in [1.165, 1.54) is 6.21 Å².